The summed E-state index contributed by atoms with van der Waals surface area (Å²) in [6, 6.07) is 13.7. The predicted octanol–water partition coefficient (Wildman–Crippen LogP) is 3.05. The van der Waals surface area contributed by atoms with Gasteiger partial charge >= 0.3 is 0 Å². The van der Waals surface area contributed by atoms with Crippen LogP contribution in [0.15, 0.2) is 53.1 Å². The number of hydrogen-bond acceptors (Lipinski definition) is 3. The standard InChI is InChI=1S/C16H19BrN2O/c1-19(10-8-15-7-2-3-9-18-15)12-16(20)13-5-4-6-14(17)11-13/h2-7,9,11,16,20H,8,10,12H2,1H3. The van der Waals surface area contributed by atoms with Crippen LogP contribution in [0.3, 0.4) is 0 Å². The maximum absolute atomic E-state index is 10.2. The number of pyridine rings is 1. The third kappa shape index (κ3) is 4.71. The van der Waals surface area contributed by atoms with Crippen LogP contribution in [0.4, 0.5) is 0 Å². The smallest absolute Gasteiger partial charge is 0.0917 e. The topological polar surface area (TPSA) is 36.4 Å². The fourth-order valence-electron chi connectivity index (χ4n) is 2.06. The van der Waals surface area contributed by atoms with Crippen molar-refractivity contribution in [3.63, 3.8) is 0 Å². The van der Waals surface area contributed by atoms with E-state index in [1.165, 1.54) is 0 Å². The molecule has 0 aliphatic carbocycles. The number of aliphatic hydroxyl groups excluding tert-OH is 1. The summed E-state index contributed by atoms with van der Waals surface area (Å²) in [5.74, 6) is 0. The van der Waals surface area contributed by atoms with Gasteiger partial charge in [-0.3, -0.25) is 4.98 Å². The fourth-order valence-corrected chi connectivity index (χ4v) is 2.47. The molecule has 0 aliphatic rings. The van der Waals surface area contributed by atoms with Crippen molar-refractivity contribution >= 4 is 15.9 Å². The molecular formula is C16H19BrN2O. The Hall–Kier alpha value is -1.23. The van der Waals surface area contributed by atoms with Crippen LogP contribution in [0.25, 0.3) is 0 Å². The van der Waals surface area contributed by atoms with Crippen molar-refractivity contribution < 1.29 is 5.11 Å². The molecule has 1 unspecified atom stereocenters. The lowest BCUT2D eigenvalue weighted by atomic mass is 10.1. The molecule has 106 valence electrons. The van der Waals surface area contributed by atoms with Crippen molar-refractivity contribution in [2.75, 3.05) is 20.1 Å². The van der Waals surface area contributed by atoms with Gasteiger partial charge in [0.2, 0.25) is 0 Å². The lowest BCUT2D eigenvalue weighted by Gasteiger charge is -2.20. The first kappa shape index (κ1) is 15.2. The quantitative estimate of drug-likeness (QED) is 0.881. The van der Waals surface area contributed by atoms with Gasteiger partial charge in [-0.25, -0.2) is 0 Å². The molecule has 1 N–H and O–H groups in total. The Morgan fingerprint density at radius 3 is 2.80 bits per heavy atom. The number of hydrogen-bond donors (Lipinski definition) is 1. The molecule has 2 aromatic rings. The second kappa shape index (κ2) is 7.53. The Labute approximate surface area is 128 Å². The minimum absolute atomic E-state index is 0.471. The van der Waals surface area contributed by atoms with Gasteiger partial charge in [0.15, 0.2) is 0 Å². The van der Waals surface area contributed by atoms with E-state index in [1.807, 2.05) is 55.7 Å². The molecule has 0 fully saturated rings. The van der Waals surface area contributed by atoms with Gasteiger partial charge in [0.25, 0.3) is 0 Å². The van der Waals surface area contributed by atoms with Gasteiger partial charge in [-0.05, 0) is 36.9 Å². The lowest BCUT2D eigenvalue weighted by molar-refractivity contribution is 0.127. The van der Waals surface area contributed by atoms with Gasteiger partial charge < -0.3 is 10.0 Å². The molecule has 20 heavy (non-hydrogen) atoms. The highest BCUT2D eigenvalue weighted by molar-refractivity contribution is 9.10. The summed E-state index contributed by atoms with van der Waals surface area (Å²) in [6.07, 6.45) is 2.23. The van der Waals surface area contributed by atoms with Crippen LogP contribution in [0, 0.1) is 0 Å². The average molecular weight is 335 g/mol. The summed E-state index contributed by atoms with van der Waals surface area (Å²) in [7, 11) is 2.02. The Bertz CT molecular complexity index is 533. The van der Waals surface area contributed by atoms with Gasteiger partial charge in [-0.1, -0.05) is 34.1 Å². The van der Waals surface area contributed by atoms with Crippen molar-refractivity contribution in [3.8, 4) is 0 Å². The molecule has 4 heteroatoms. The summed E-state index contributed by atoms with van der Waals surface area (Å²) in [6.45, 7) is 1.49. The van der Waals surface area contributed by atoms with E-state index in [1.54, 1.807) is 0 Å². The molecule has 1 atom stereocenters. The zero-order chi connectivity index (χ0) is 14.4. The minimum atomic E-state index is -0.471. The average Bonchev–Trinajstić information content (AvgIpc) is 2.46. The summed E-state index contributed by atoms with van der Waals surface area (Å²) in [5, 5.41) is 10.2. The van der Waals surface area contributed by atoms with E-state index >= 15 is 0 Å². The van der Waals surface area contributed by atoms with E-state index in [-0.39, 0.29) is 0 Å². The molecule has 1 aromatic carbocycles. The number of rotatable bonds is 6. The highest BCUT2D eigenvalue weighted by Crippen LogP contribution is 2.18. The van der Waals surface area contributed by atoms with E-state index in [2.05, 4.69) is 25.8 Å². The number of benzene rings is 1. The van der Waals surface area contributed by atoms with Crippen LogP contribution >= 0.6 is 15.9 Å². The third-order valence-corrected chi connectivity index (χ3v) is 3.69. The molecular weight excluding hydrogens is 316 g/mol. The van der Waals surface area contributed by atoms with Crippen molar-refractivity contribution in [1.82, 2.24) is 9.88 Å². The summed E-state index contributed by atoms with van der Waals surface area (Å²) >= 11 is 3.43. The second-order valence-electron chi connectivity index (χ2n) is 4.90. The first-order valence-electron chi connectivity index (χ1n) is 6.67. The van der Waals surface area contributed by atoms with E-state index in [4.69, 9.17) is 0 Å². The molecule has 1 aromatic heterocycles. The zero-order valence-electron chi connectivity index (χ0n) is 11.5. The van der Waals surface area contributed by atoms with Gasteiger partial charge in [-0.2, -0.15) is 0 Å². The summed E-state index contributed by atoms with van der Waals surface area (Å²) in [5.41, 5.74) is 2.01. The Balaban J connectivity index is 1.83. The maximum Gasteiger partial charge on any atom is 0.0917 e. The van der Waals surface area contributed by atoms with Gasteiger partial charge in [-0.15, -0.1) is 0 Å². The number of nitrogens with zero attached hydrogens (tertiary/aromatic N) is 2. The molecule has 3 nitrogen and oxygen atoms in total. The number of aromatic nitrogens is 1. The summed E-state index contributed by atoms with van der Waals surface area (Å²) in [4.78, 5) is 6.43. The Morgan fingerprint density at radius 1 is 1.25 bits per heavy atom. The molecule has 0 saturated carbocycles. The molecule has 0 radical (unpaired) electrons. The van der Waals surface area contributed by atoms with Crippen LogP contribution in [-0.2, 0) is 6.42 Å². The molecule has 0 aliphatic heterocycles. The largest absolute Gasteiger partial charge is 0.387 e. The molecule has 0 amide bonds. The second-order valence-corrected chi connectivity index (χ2v) is 5.82. The van der Waals surface area contributed by atoms with E-state index in [9.17, 15) is 5.11 Å². The van der Waals surface area contributed by atoms with Crippen molar-refractivity contribution in [2.24, 2.45) is 0 Å². The SMILES string of the molecule is CN(CCc1ccccn1)CC(O)c1cccc(Br)c1. The van der Waals surface area contributed by atoms with Gasteiger partial charge in [0.05, 0.1) is 6.10 Å². The van der Waals surface area contributed by atoms with Crippen LogP contribution in [0.1, 0.15) is 17.4 Å². The fraction of sp³-hybridized carbons (Fsp3) is 0.312. The molecule has 2 rings (SSSR count). The van der Waals surface area contributed by atoms with Crippen LogP contribution in [0.2, 0.25) is 0 Å². The Morgan fingerprint density at radius 2 is 2.10 bits per heavy atom. The first-order valence-corrected chi connectivity index (χ1v) is 7.46. The zero-order valence-corrected chi connectivity index (χ0v) is 13.1. The predicted molar refractivity (Wildman–Crippen MR) is 84.5 cm³/mol. The van der Waals surface area contributed by atoms with E-state index in [0.29, 0.717) is 6.54 Å². The van der Waals surface area contributed by atoms with Crippen molar-refractivity contribution in [1.29, 1.82) is 0 Å². The number of likely N-dealkylation sites (N-methyl/N-ethyl adjacent to an activating group) is 1. The van der Waals surface area contributed by atoms with Gasteiger partial charge in [0.1, 0.15) is 0 Å². The monoisotopic (exact) mass is 334 g/mol. The maximum atomic E-state index is 10.2. The third-order valence-electron chi connectivity index (χ3n) is 3.19. The highest BCUT2D eigenvalue weighted by atomic mass is 79.9. The van der Waals surface area contributed by atoms with E-state index in [0.717, 1.165) is 28.7 Å². The molecule has 0 bridgehead atoms. The number of aliphatic hydroxyl groups is 1. The highest BCUT2D eigenvalue weighted by Gasteiger charge is 2.11. The van der Waals surface area contributed by atoms with E-state index < -0.39 is 6.10 Å². The van der Waals surface area contributed by atoms with Crippen LogP contribution in [-0.4, -0.2) is 35.1 Å². The minimum Gasteiger partial charge on any atom is -0.387 e. The normalized spacial score (nSPS) is 12.6. The van der Waals surface area contributed by atoms with Crippen molar-refractivity contribution in [2.45, 2.75) is 12.5 Å². The van der Waals surface area contributed by atoms with Crippen LogP contribution in [0.5, 0.6) is 0 Å². The van der Waals surface area contributed by atoms with Crippen molar-refractivity contribution in [3.05, 3.63) is 64.4 Å². The lowest BCUT2D eigenvalue weighted by Crippen LogP contribution is -2.27. The van der Waals surface area contributed by atoms with Crippen LogP contribution < -0.4 is 0 Å². The van der Waals surface area contributed by atoms with Gasteiger partial charge in [0, 0.05) is 35.9 Å². The Kier molecular flexibility index (Phi) is 5.71. The number of halogens is 1. The molecule has 0 saturated heterocycles. The molecule has 1 heterocycles. The molecule has 0 spiro atoms. The first-order chi connectivity index (χ1) is 9.65. The summed E-state index contributed by atoms with van der Waals surface area (Å²) < 4.78 is 0.991.